The maximum absolute atomic E-state index is 11.3. The van der Waals surface area contributed by atoms with Crippen molar-refractivity contribution in [1.29, 1.82) is 0 Å². The molecular formula is C18H39NO2. The van der Waals surface area contributed by atoms with E-state index in [4.69, 9.17) is 4.74 Å². The Morgan fingerprint density at radius 1 is 1.10 bits per heavy atom. The summed E-state index contributed by atoms with van der Waals surface area (Å²) in [6.45, 7) is 23.5. The van der Waals surface area contributed by atoms with Crippen molar-refractivity contribution in [3.63, 3.8) is 0 Å². The molecule has 0 atom stereocenters. The number of carbonyl (C=O) groups excluding carboxylic acids is 1. The van der Waals surface area contributed by atoms with Gasteiger partial charge in [0.05, 0.1) is 13.5 Å². The molecule has 0 amide bonds. The molecule has 0 saturated carbocycles. The third kappa shape index (κ3) is 12.5. The number of ether oxygens (including phenoxy) is 1. The summed E-state index contributed by atoms with van der Waals surface area (Å²) < 4.78 is 4.73. The van der Waals surface area contributed by atoms with Crippen LogP contribution in [0.4, 0.5) is 0 Å². The maximum atomic E-state index is 11.3. The summed E-state index contributed by atoms with van der Waals surface area (Å²) in [5.41, 5.74) is 0.903. The van der Waals surface area contributed by atoms with Crippen molar-refractivity contribution < 1.29 is 9.53 Å². The van der Waals surface area contributed by atoms with E-state index in [1.807, 2.05) is 27.7 Å². The number of carbonyl (C=O) groups is 1. The van der Waals surface area contributed by atoms with Crippen molar-refractivity contribution in [2.75, 3.05) is 13.7 Å². The van der Waals surface area contributed by atoms with Crippen molar-refractivity contribution in [3.05, 3.63) is 12.3 Å². The Morgan fingerprint density at radius 3 is 1.86 bits per heavy atom. The van der Waals surface area contributed by atoms with Crippen LogP contribution in [-0.2, 0) is 9.53 Å². The zero-order valence-electron chi connectivity index (χ0n) is 16.1. The Morgan fingerprint density at radius 2 is 1.52 bits per heavy atom. The Bertz CT molecular complexity index is 281. The first-order chi connectivity index (χ1) is 9.64. The molecule has 21 heavy (non-hydrogen) atoms. The number of methoxy groups -OCH3 is 1. The van der Waals surface area contributed by atoms with Crippen molar-refractivity contribution in [2.45, 2.75) is 75.2 Å². The molecular weight excluding hydrogens is 262 g/mol. The zero-order chi connectivity index (χ0) is 17.7. The van der Waals surface area contributed by atoms with Gasteiger partial charge in [-0.3, -0.25) is 4.79 Å². The molecule has 128 valence electrons. The fraction of sp³-hybridized carbons (Fsp3) is 0.833. The number of esters is 1. The lowest BCUT2D eigenvalue weighted by molar-refractivity contribution is -0.143. The minimum Gasteiger partial charge on any atom is -0.469 e. The average Bonchev–Trinajstić information content (AvgIpc) is 2.41. The number of rotatable bonds is 7. The standard InChI is InChI=1S/C14H27NO2.2C2H6/c1-8-15-11(2)14(5,6)10-13(3,4)9-12(16)17-7;2*1-2/h15H,2,8-10H2,1,3-7H3;2*1-2H3. The Hall–Kier alpha value is -0.990. The van der Waals surface area contributed by atoms with E-state index >= 15 is 0 Å². The van der Waals surface area contributed by atoms with Gasteiger partial charge >= 0.3 is 5.97 Å². The van der Waals surface area contributed by atoms with Crippen LogP contribution >= 0.6 is 0 Å². The summed E-state index contributed by atoms with van der Waals surface area (Å²) in [5.74, 6) is -0.153. The lowest BCUT2D eigenvalue weighted by atomic mass is 9.72. The predicted molar refractivity (Wildman–Crippen MR) is 94.3 cm³/mol. The molecule has 0 saturated heterocycles. The lowest BCUT2D eigenvalue weighted by Crippen LogP contribution is -2.32. The highest BCUT2D eigenvalue weighted by atomic mass is 16.5. The molecule has 0 aliphatic rings. The second kappa shape index (κ2) is 12.7. The van der Waals surface area contributed by atoms with Crippen molar-refractivity contribution in [1.82, 2.24) is 5.32 Å². The number of allylic oxidation sites excluding steroid dienone is 1. The third-order valence-electron chi connectivity index (χ3n) is 2.98. The molecule has 0 aliphatic heterocycles. The first-order valence-electron chi connectivity index (χ1n) is 8.14. The fourth-order valence-electron chi connectivity index (χ4n) is 2.28. The fourth-order valence-corrected chi connectivity index (χ4v) is 2.28. The van der Waals surface area contributed by atoms with E-state index in [-0.39, 0.29) is 16.8 Å². The summed E-state index contributed by atoms with van der Waals surface area (Å²) >= 11 is 0. The second-order valence-electron chi connectivity index (χ2n) is 5.99. The van der Waals surface area contributed by atoms with E-state index in [0.29, 0.717) is 6.42 Å². The van der Waals surface area contributed by atoms with Crippen molar-refractivity contribution in [2.24, 2.45) is 10.8 Å². The van der Waals surface area contributed by atoms with Gasteiger partial charge in [0.15, 0.2) is 0 Å². The summed E-state index contributed by atoms with van der Waals surface area (Å²) in [7, 11) is 1.43. The molecule has 3 nitrogen and oxygen atoms in total. The van der Waals surface area contributed by atoms with Crippen LogP contribution in [0.5, 0.6) is 0 Å². The summed E-state index contributed by atoms with van der Waals surface area (Å²) in [6.07, 6.45) is 1.33. The quantitative estimate of drug-likeness (QED) is 0.659. The van der Waals surface area contributed by atoms with E-state index in [1.165, 1.54) is 7.11 Å². The second-order valence-corrected chi connectivity index (χ2v) is 5.99. The zero-order valence-corrected chi connectivity index (χ0v) is 16.1. The van der Waals surface area contributed by atoms with Crippen LogP contribution in [0.25, 0.3) is 0 Å². The monoisotopic (exact) mass is 301 g/mol. The minimum absolute atomic E-state index is 0.0342. The molecule has 0 aromatic heterocycles. The van der Waals surface area contributed by atoms with Crippen molar-refractivity contribution >= 4 is 5.97 Å². The SMILES string of the molecule is C=C(NCC)C(C)(C)CC(C)(C)CC(=O)OC.CC.CC. The molecule has 0 radical (unpaired) electrons. The molecule has 3 heteroatoms. The molecule has 0 aliphatic carbocycles. The molecule has 0 fully saturated rings. The normalized spacial score (nSPS) is 10.4. The van der Waals surface area contributed by atoms with E-state index < -0.39 is 0 Å². The average molecular weight is 302 g/mol. The molecule has 0 spiro atoms. The van der Waals surface area contributed by atoms with Gasteiger partial charge in [0.25, 0.3) is 0 Å². The summed E-state index contributed by atoms with van der Waals surface area (Å²) in [6, 6.07) is 0. The van der Waals surface area contributed by atoms with Crippen LogP contribution in [0.1, 0.15) is 75.2 Å². The van der Waals surface area contributed by atoms with E-state index in [9.17, 15) is 4.79 Å². The van der Waals surface area contributed by atoms with Gasteiger partial charge in [-0.25, -0.2) is 0 Å². The van der Waals surface area contributed by atoms with Crippen molar-refractivity contribution in [3.8, 4) is 0 Å². The Balaban J connectivity index is -0.000000739. The minimum atomic E-state index is -0.153. The van der Waals surface area contributed by atoms with Gasteiger partial charge < -0.3 is 10.1 Å². The smallest absolute Gasteiger partial charge is 0.306 e. The highest BCUT2D eigenvalue weighted by Crippen LogP contribution is 2.39. The maximum Gasteiger partial charge on any atom is 0.306 e. The molecule has 0 aromatic carbocycles. The van der Waals surface area contributed by atoms with E-state index in [1.54, 1.807) is 0 Å². The van der Waals surface area contributed by atoms with Crippen LogP contribution in [0, 0.1) is 10.8 Å². The van der Waals surface area contributed by atoms with Gasteiger partial charge in [0, 0.05) is 17.7 Å². The van der Waals surface area contributed by atoms with Crippen LogP contribution < -0.4 is 5.32 Å². The summed E-state index contributed by atoms with van der Waals surface area (Å²) in [4.78, 5) is 11.3. The highest BCUT2D eigenvalue weighted by molar-refractivity contribution is 5.69. The van der Waals surface area contributed by atoms with Gasteiger partial charge in [0.2, 0.25) is 0 Å². The van der Waals surface area contributed by atoms with Gasteiger partial charge in [-0.2, -0.15) is 0 Å². The molecule has 1 N–H and O–H groups in total. The first-order valence-corrected chi connectivity index (χ1v) is 8.14. The number of hydrogen-bond acceptors (Lipinski definition) is 3. The third-order valence-corrected chi connectivity index (χ3v) is 2.98. The Kier molecular flexibility index (Phi) is 15.1. The van der Waals surface area contributed by atoms with Crippen LogP contribution in [-0.4, -0.2) is 19.6 Å². The summed E-state index contributed by atoms with van der Waals surface area (Å²) in [5, 5.41) is 3.27. The Labute approximate surface area is 133 Å². The highest BCUT2D eigenvalue weighted by Gasteiger charge is 2.32. The molecule has 0 unspecified atom stereocenters. The molecule has 0 aromatic rings. The van der Waals surface area contributed by atoms with Gasteiger partial charge in [-0.1, -0.05) is 62.0 Å². The first kappa shape index (κ1) is 25.0. The van der Waals surface area contributed by atoms with Gasteiger partial charge in [-0.15, -0.1) is 0 Å². The predicted octanol–water partition coefficient (Wildman–Crippen LogP) is 5.17. The largest absolute Gasteiger partial charge is 0.469 e. The topological polar surface area (TPSA) is 38.3 Å². The number of hydrogen-bond donors (Lipinski definition) is 1. The molecule has 0 bridgehead atoms. The lowest BCUT2D eigenvalue weighted by Gasteiger charge is -2.36. The van der Waals surface area contributed by atoms with Crippen LogP contribution in [0.3, 0.4) is 0 Å². The molecule has 0 heterocycles. The van der Waals surface area contributed by atoms with E-state index in [0.717, 1.165) is 18.7 Å². The number of nitrogens with one attached hydrogen (secondary N) is 1. The van der Waals surface area contributed by atoms with Gasteiger partial charge in [-0.05, 0) is 18.8 Å². The van der Waals surface area contributed by atoms with E-state index in [2.05, 4.69) is 46.5 Å². The van der Waals surface area contributed by atoms with Crippen LogP contribution in [0.15, 0.2) is 12.3 Å². The van der Waals surface area contributed by atoms with Crippen LogP contribution in [0.2, 0.25) is 0 Å². The molecule has 0 rings (SSSR count). The van der Waals surface area contributed by atoms with Gasteiger partial charge in [0.1, 0.15) is 0 Å².